The van der Waals surface area contributed by atoms with Crippen molar-refractivity contribution < 1.29 is 19.1 Å². The van der Waals surface area contributed by atoms with Gasteiger partial charge in [0.2, 0.25) is 5.91 Å². The molecule has 0 spiro atoms. The number of aryl methyl sites for hydroxylation is 1. The molecular formula is C17H21NO4. The number of methoxy groups -OCH3 is 2. The van der Waals surface area contributed by atoms with E-state index in [4.69, 9.17) is 4.74 Å². The van der Waals surface area contributed by atoms with Crippen LogP contribution in [0.2, 0.25) is 0 Å². The lowest BCUT2D eigenvalue weighted by atomic mass is 9.83. The fraction of sp³-hybridized carbons (Fsp3) is 0.412. The second-order valence-corrected chi connectivity index (χ2v) is 5.25. The van der Waals surface area contributed by atoms with Crippen LogP contribution in [0.4, 0.5) is 0 Å². The number of hydrogen-bond donors (Lipinski definition) is 1. The number of carbonyl (C=O) groups is 2. The van der Waals surface area contributed by atoms with Crippen LogP contribution in [0.25, 0.3) is 0 Å². The zero-order valence-corrected chi connectivity index (χ0v) is 12.9. The lowest BCUT2D eigenvalue weighted by Gasteiger charge is -2.24. The minimum atomic E-state index is -0.421. The highest BCUT2D eigenvalue weighted by Crippen LogP contribution is 2.28. The Bertz CT molecular complexity index is 580. The van der Waals surface area contributed by atoms with Gasteiger partial charge in [-0.15, -0.1) is 0 Å². The molecule has 0 radical (unpaired) electrons. The van der Waals surface area contributed by atoms with Crippen LogP contribution in [0.1, 0.15) is 17.5 Å². The molecule has 5 nitrogen and oxygen atoms in total. The number of rotatable bonds is 5. The molecule has 0 bridgehead atoms. The Kier molecular flexibility index (Phi) is 5.58. The summed E-state index contributed by atoms with van der Waals surface area (Å²) in [6.07, 6.45) is 5.34. The lowest BCUT2D eigenvalue weighted by molar-refractivity contribution is -0.135. The Balaban J connectivity index is 1.87. The monoisotopic (exact) mass is 303 g/mol. The van der Waals surface area contributed by atoms with Crippen molar-refractivity contribution in [1.29, 1.82) is 0 Å². The van der Waals surface area contributed by atoms with E-state index < -0.39 is 5.97 Å². The molecule has 1 unspecified atom stereocenters. The predicted octanol–water partition coefficient (Wildman–Crippen LogP) is 1.65. The molecule has 0 saturated heterocycles. The van der Waals surface area contributed by atoms with E-state index in [2.05, 4.69) is 10.1 Å². The maximum Gasteiger partial charge on any atom is 0.330 e. The summed E-state index contributed by atoms with van der Waals surface area (Å²) in [5, 5.41) is 2.83. The molecule has 1 N–H and O–H groups in total. The highest BCUT2D eigenvalue weighted by Gasteiger charge is 2.24. The third-order valence-corrected chi connectivity index (χ3v) is 3.86. The molecule has 1 aromatic rings. The first-order valence-electron chi connectivity index (χ1n) is 7.32. The van der Waals surface area contributed by atoms with E-state index in [0.29, 0.717) is 6.54 Å². The summed E-state index contributed by atoms with van der Waals surface area (Å²) < 4.78 is 9.71. The summed E-state index contributed by atoms with van der Waals surface area (Å²) in [7, 11) is 2.97. The summed E-state index contributed by atoms with van der Waals surface area (Å²) in [4.78, 5) is 23.1. The van der Waals surface area contributed by atoms with E-state index in [9.17, 15) is 9.59 Å². The number of hydrogen-bond acceptors (Lipinski definition) is 4. The summed E-state index contributed by atoms with van der Waals surface area (Å²) in [6.45, 7) is 0.333. The molecule has 1 aliphatic carbocycles. The zero-order chi connectivity index (χ0) is 15.9. The van der Waals surface area contributed by atoms with Crippen LogP contribution < -0.4 is 10.1 Å². The van der Waals surface area contributed by atoms with Crippen LogP contribution in [0.5, 0.6) is 5.75 Å². The second-order valence-electron chi connectivity index (χ2n) is 5.25. The van der Waals surface area contributed by atoms with Crippen molar-refractivity contribution in [3.63, 3.8) is 0 Å². The molecule has 1 aromatic carbocycles. The zero-order valence-electron chi connectivity index (χ0n) is 12.9. The van der Waals surface area contributed by atoms with Crippen molar-refractivity contribution in [2.24, 2.45) is 5.92 Å². The van der Waals surface area contributed by atoms with E-state index in [1.165, 1.54) is 24.3 Å². The van der Waals surface area contributed by atoms with Gasteiger partial charge in [0.15, 0.2) is 0 Å². The van der Waals surface area contributed by atoms with Gasteiger partial charge in [-0.2, -0.15) is 0 Å². The summed E-state index contributed by atoms with van der Waals surface area (Å²) in [6, 6.07) is 6.01. The fourth-order valence-electron chi connectivity index (χ4n) is 2.61. The molecule has 0 fully saturated rings. The third-order valence-electron chi connectivity index (χ3n) is 3.86. The molecule has 22 heavy (non-hydrogen) atoms. The normalized spacial score (nSPS) is 16.9. The standard InChI is InChI=1S/C17H21NO4/c1-21-15-8-7-12-10-14(6-5-13(12)11-15)17(20)18-9-3-4-16(19)22-2/h3-4,7-8,11,14H,5-6,9-10H2,1-2H3,(H,18,20)/b4-3+. The van der Waals surface area contributed by atoms with Crippen molar-refractivity contribution in [2.45, 2.75) is 19.3 Å². The van der Waals surface area contributed by atoms with Crippen LogP contribution in [0, 0.1) is 5.92 Å². The fourth-order valence-corrected chi connectivity index (χ4v) is 2.61. The maximum atomic E-state index is 12.2. The number of nitrogens with one attached hydrogen (secondary N) is 1. The van der Waals surface area contributed by atoms with Gasteiger partial charge < -0.3 is 14.8 Å². The van der Waals surface area contributed by atoms with Gasteiger partial charge in [-0.1, -0.05) is 12.1 Å². The molecular weight excluding hydrogens is 282 g/mol. The van der Waals surface area contributed by atoms with Crippen molar-refractivity contribution in [1.82, 2.24) is 5.32 Å². The molecule has 0 aliphatic heterocycles. The van der Waals surface area contributed by atoms with Crippen molar-refractivity contribution >= 4 is 11.9 Å². The molecule has 118 valence electrons. The number of fused-ring (bicyclic) bond motifs is 1. The van der Waals surface area contributed by atoms with E-state index in [1.54, 1.807) is 13.2 Å². The van der Waals surface area contributed by atoms with Gasteiger partial charge in [-0.25, -0.2) is 4.79 Å². The largest absolute Gasteiger partial charge is 0.497 e. The topological polar surface area (TPSA) is 64.6 Å². The quantitative estimate of drug-likeness (QED) is 0.663. The molecule has 1 aliphatic rings. The van der Waals surface area contributed by atoms with Gasteiger partial charge in [0, 0.05) is 18.5 Å². The average Bonchev–Trinajstić information content (AvgIpc) is 2.57. The first-order valence-corrected chi connectivity index (χ1v) is 7.32. The smallest absolute Gasteiger partial charge is 0.330 e. The Morgan fingerprint density at radius 1 is 1.32 bits per heavy atom. The number of esters is 1. The van der Waals surface area contributed by atoms with Gasteiger partial charge in [0.25, 0.3) is 0 Å². The summed E-state index contributed by atoms with van der Waals surface area (Å²) in [5.41, 5.74) is 2.46. The first kappa shape index (κ1) is 16.1. The molecule has 0 saturated carbocycles. The summed E-state index contributed by atoms with van der Waals surface area (Å²) in [5.74, 6) is 0.438. The van der Waals surface area contributed by atoms with E-state index in [-0.39, 0.29) is 11.8 Å². The van der Waals surface area contributed by atoms with Crippen LogP contribution in [-0.4, -0.2) is 32.6 Å². The Labute approximate surface area is 130 Å². The highest BCUT2D eigenvalue weighted by atomic mass is 16.5. The first-order chi connectivity index (χ1) is 10.6. The second kappa shape index (κ2) is 7.64. The minimum Gasteiger partial charge on any atom is -0.497 e. The van der Waals surface area contributed by atoms with Crippen molar-refractivity contribution in [3.05, 3.63) is 41.5 Å². The van der Waals surface area contributed by atoms with Gasteiger partial charge in [-0.05, 0) is 42.5 Å². The SMILES string of the molecule is COC(=O)/C=C/CNC(=O)C1CCc2cc(OC)ccc2C1. The third kappa shape index (κ3) is 4.10. The molecule has 0 heterocycles. The molecule has 1 amide bonds. The number of amides is 1. The van der Waals surface area contributed by atoms with Crippen LogP contribution in [-0.2, 0) is 27.2 Å². The van der Waals surface area contributed by atoms with Crippen LogP contribution in [0.15, 0.2) is 30.4 Å². The van der Waals surface area contributed by atoms with E-state index in [0.717, 1.165) is 25.0 Å². The molecule has 1 atom stereocenters. The molecule has 5 heteroatoms. The van der Waals surface area contributed by atoms with E-state index in [1.807, 2.05) is 18.2 Å². The van der Waals surface area contributed by atoms with Crippen LogP contribution in [0.3, 0.4) is 0 Å². The molecule has 0 aromatic heterocycles. The van der Waals surface area contributed by atoms with Crippen LogP contribution >= 0.6 is 0 Å². The highest BCUT2D eigenvalue weighted by molar-refractivity contribution is 5.82. The van der Waals surface area contributed by atoms with E-state index >= 15 is 0 Å². The minimum absolute atomic E-state index is 0.0209. The number of ether oxygens (including phenoxy) is 2. The Morgan fingerprint density at radius 2 is 2.14 bits per heavy atom. The lowest BCUT2D eigenvalue weighted by Crippen LogP contribution is -2.34. The average molecular weight is 303 g/mol. The molecule has 2 rings (SSSR count). The Morgan fingerprint density at radius 3 is 2.86 bits per heavy atom. The van der Waals surface area contributed by atoms with Gasteiger partial charge >= 0.3 is 5.97 Å². The maximum absolute atomic E-state index is 12.2. The van der Waals surface area contributed by atoms with Gasteiger partial charge in [0.05, 0.1) is 14.2 Å². The number of benzene rings is 1. The predicted molar refractivity (Wildman–Crippen MR) is 82.7 cm³/mol. The Hall–Kier alpha value is -2.30. The van der Waals surface area contributed by atoms with Crippen molar-refractivity contribution in [3.8, 4) is 5.75 Å². The summed E-state index contributed by atoms with van der Waals surface area (Å²) >= 11 is 0. The van der Waals surface area contributed by atoms with Gasteiger partial charge in [-0.3, -0.25) is 4.79 Å². The van der Waals surface area contributed by atoms with Crippen molar-refractivity contribution in [2.75, 3.05) is 20.8 Å². The number of carbonyl (C=O) groups excluding carboxylic acids is 2. The van der Waals surface area contributed by atoms with Gasteiger partial charge in [0.1, 0.15) is 5.75 Å².